The summed E-state index contributed by atoms with van der Waals surface area (Å²) in [4.78, 5) is 15.2. The molecule has 4 rings (SSSR count). The van der Waals surface area contributed by atoms with E-state index in [0.717, 1.165) is 25.7 Å². The lowest BCUT2D eigenvalue weighted by atomic mass is 9.90. The first-order valence-corrected chi connectivity index (χ1v) is 13.3. The number of halogens is 1. The van der Waals surface area contributed by atoms with Gasteiger partial charge in [-0.15, -0.1) is 0 Å². The number of morpholine rings is 1. The van der Waals surface area contributed by atoms with Crippen molar-refractivity contribution in [3.63, 3.8) is 0 Å². The number of ether oxygens (including phenoxy) is 1. The Morgan fingerprint density at radius 3 is 2.50 bits per heavy atom. The summed E-state index contributed by atoms with van der Waals surface area (Å²) in [5.41, 5.74) is -0.365. The van der Waals surface area contributed by atoms with Gasteiger partial charge in [0.15, 0.2) is 0 Å². The molecule has 0 radical (unpaired) electrons. The van der Waals surface area contributed by atoms with Crippen LogP contribution in [0.1, 0.15) is 46.0 Å². The summed E-state index contributed by atoms with van der Waals surface area (Å²) in [6.45, 7) is 5.38. The molecule has 3 aliphatic rings. The summed E-state index contributed by atoms with van der Waals surface area (Å²) in [6, 6.07) is 6.45. The van der Waals surface area contributed by atoms with Crippen molar-refractivity contribution in [3.8, 4) is 0 Å². The quantitative estimate of drug-likeness (QED) is 0.645. The topological polar surface area (TPSA) is 79.0 Å². The standard InChI is InChI=1S/C23H34ClN3O4S/c1-16-4-7-19(25-16)13-26(3)22(28)12-23(10-11-23)21-15-31-14-17(2)27(21)32(29,30)20-8-5-18(24)6-9-20/h5-6,8-9,16-17,19,21,25H,4,7,10-15H2,1-3H3/t16?,17-,19?,21-/m1/s1. The van der Waals surface area contributed by atoms with Gasteiger partial charge in [0.2, 0.25) is 15.9 Å². The summed E-state index contributed by atoms with van der Waals surface area (Å²) < 4.78 is 34.6. The van der Waals surface area contributed by atoms with Crippen LogP contribution in [-0.2, 0) is 19.6 Å². The molecule has 3 fully saturated rings. The molecule has 178 valence electrons. The van der Waals surface area contributed by atoms with E-state index in [-0.39, 0.29) is 28.3 Å². The Morgan fingerprint density at radius 1 is 1.22 bits per heavy atom. The molecule has 32 heavy (non-hydrogen) atoms. The van der Waals surface area contributed by atoms with E-state index in [0.29, 0.717) is 43.3 Å². The number of amides is 1. The molecule has 2 aliphatic heterocycles. The fourth-order valence-corrected chi connectivity index (χ4v) is 7.21. The fraction of sp³-hybridized carbons (Fsp3) is 0.696. The number of nitrogens with one attached hydrogen (secondary N) is 1. The Labute approximate surface area is 196 Å². The predicted molar refractivity (Wildman–Crippen MR) is 124 cm³/mol. The van der Waals surface area contributed by atoms with Crippen LogP contribution in [0, 0.1) is 5.41 Å². The number of hydrogen-bond acceptors (Lipinski definition) is 5. The summed E-state index contributed by atoms with van der Waals surface area (Å²) in [5.74, 6) is 0.0749. The lowest BCUT2D eigenvalue weighted by Crippen LogP contribution is -2.57. The van der Waals surface area contributed by atoms with Crippen molar-refractivity contribution in [2.75, 3.05) is 26.8 Å². The minimum atomic E-state index is -3.74. The molecule has 4 atom stereocenters. The third-order valence-corrected chi connectivity index (χ3v) is 9.55. The van der Waals surface area contributed by atoms with E-state index >= 15 is 0 Å². The van der Waals surface area contributed by atoms with Crippen molar-refractivity contribution in [2.24, 2.45) is 5.41 Å². The highest BCUT2D eigenvalue weighted by atomic mass is 35.5. The maximum absolute atomic E-state index is 13.6. The minimum absolute atomic E-state index is 0.0749. The van der Waals surface area contributed by atoms with Crippen LogP contribution in [0.3, 0.4) is 0 Å². The first-order chi connectivity index (χ1) is 15.1. The molecule has 0 bridgehead atoms. The third-order valence-electron chi connectivity index (χ3n) is 7.26. The summed E-state index contributed by atoms with van der Waals surface area (Å²) >= 11 is 5.97. The average Bonchev–Trinajstić information content (AvgIpc) is 3.41. The van der Waals surface area contributed by atoms with Gasteiger partial charge in [-0.3, -0.25) is 4.79 Å². The zero-order valence-electron chi connectivity index (χ0n) is 19.1. The van der Waals surface area contributed by atoms with Crippen LogP contribution in [0.4, 0.5) is 0 Å². The van der Waals surface area contributed by atoms with Gasteiger partial charge < -0.3 is 15.0 Å². The molecular weight excluding hydrogens is 450 g/mol. The van der Waals surface area contributed by atoms with E-state index in [1.165, 1.54) is 0 Å². The maximum atomic E-state index is 13.6. The highest BCUT2D eigenvalue weighted by molar-refractivity contribution is 7.89. The fourth-order valence-electron chi connectivity index (χ4n) is 5.20. The van der Waals surface area contributed by atoms with E-state index in [9.17, 15) is 13.2 Å². The number of nitrogens with zero attached hydrogens (tertiary/aromatic N) is 2. The Kier molecular flexibility index (Phi) is 6.90. The third kappa shape index (κ3) is 4.85. The van der Waals surface area contributed by atoms with Gasteiger partial charge in [-0.2, -0.15) is 4.31 Å². The molecule has 1 N–H and O–H groups in total. The molecule has 2 saturated heterocycles. The van der Waals surface area contributed by atoms with Crippen molar-refractivity contribution in [2.45, 2.75) is 75.0 Å². The Bertz CT molecular complexity index is 935. The normalized spacial score (nSPS) is 30.2. The van der Waals surface area contributed by atoms with Gasteiger partial charge in [0.25, 0.3) is 0 Å². The van der Waals surface area contributed by atoms with Gasteiger partial charge in [-0.05, 0) is 69.2 Å². The summed E-state index contributed by atoms with van der Waals surface area (Å²) in [7, 11) is -1.89. The summed E-state index contributed by atoms with van der Waals surface area (Å²) in [5, 5.41) is 4.02. The molecule has 0 spiro atoms. The van der Waals surface area contributed by atoms with E-state index in [2.05, 4.69) is 12.2 Å². The Hall–Kier alpha value is -1.19. The summed E-state index contributed by atoms with van der Waals surface area (Å²) in [6.07, 6.45) is 4.22. The molecule has 7 nitrogen and oxygen atoms in total. The highest BCUT2D eigenvalue weighted by Gasteiger charge is 2.57. The van der Waals surface area contributed by atoms with E-state index in [1.807, 2.05) is 14.0 Å². The minimum Gasteiger partial charge on any atom is -0.378 e. The van der Waals surface area contributed by atoms with Gasteiger partial charge in [0.05, 0.1) is 24.2 Å². The van der Waals surface area contributed by atoms with Gasteiger partial charge in [-0.25, -0.2) is 8.42 Å². The van der Waals surface area contributed by atoms with Crippen LogP contribution in [0.25, 0.3) is 0 Å². The molecule has 9 heteroatoms. The van der Waals surface area contributed by atoms with Crippen molar-refractivity contribution in [1.29, 1.82) is 0 Å². The first-order valence-electron chi connectivity index (χ1n) is 11.5. The predicted octanol–water partition coefficient (Wildman–Crippen LogP) is 2.89. The van der Waals surface area contributed by atoms with Crippen LogP contribution >= 0.6 is 11.6 Å². The van der Waals surface area contributed by atoms with E-state index in [1.54, 1.807) is 33.5 Å². The maximum Gasteiger partial charge on any atom is 0.243 e. The van der Waals surface area contributed by atoms with Crippen LogP contribution in [0.15, 0.2) is 29.2 Å². The average molecular weight is 484 g/mol. The SMILES string of the molecule is CC1CCC(CN(C)C(=O)CC2([C@H]3COC[C@@H](C)N3S(=O)(=O)c3ccc(Cl)cc3)CC2)N1. The number of likely N-dealkylation sites (N-methyl/N-ethyl adjacent to an activating group) is 1. The van der Waals surface area contributed by atoms with E-state index < -0.39 is 10.0 Å². The van der Waals surface area contributed by atoms with Gasteiger partial charge in [0.1, 0.15) is 0 Å². The van der Waals surface area contributed by atoms with Gasteiger partial charge in [-0.1, -0.05) is 11.6 Å². The second-order valence-electron chi connectivity index (χ2n) is 9.85. The first kappa shape index (κ1) is 24.0. The lowest BCUT2D eigenvalue weighted by Gasteiger charge is -2.43. The number of carbonyl (C=O) groups is 1. The largest absolute Gasteiger partial charge is 0.378 e. The Balaban J connectivity index is 1.51. The number of hydrogen-bond donors (Lipinski definition) is 1. The second kappa shape index (κ2) is 9.22. The van der Waals surface area contributed by atoms with Crippen LogP contribution in [0.2, 0.25) is 5.02 Å². The number of benzene rings is 1. The number of sulfonamides is 1. The van der Waals surface area contributed by atoms with Gasteiger partial charge >= 0.3 is 0 Å². The molecule has 2 unspecified atom stereocenters. The van der Waals surface area contributed by atoms with Crippen molar-refractivity contribution in [3.05, 3.63) is 29.3 Å². The number of carbonyl (C=O) groups excluding carboxylic acids is 1. The van der Waals surface area contributed by atoms with Crippen LogP contribution in [0.5, 0.6) is 0 Å². The van der Waals surface area contributed by atoms with Crippen molar-refractivity contribution >= 4 is 27.5 Å². The van der Waals surface area contributed by atoms with Crippen molar-refractivity contribution in [1.82, 2.24) is 14.5 Å². The Morgan fingerprint density at radius 2 is 1.91 bits per heavy atom. The van der Waals surface area contributed by atoms with Crippen molar-refractivity contribution < 1.29 is 17.9 Å². The van der Waals surface area contributed by atoms with Crippen LogP contribution in [-0.4, -0.2) is 74.5 Å². The zero-order chi connectivity index (χ0) is 23.1. The number of rotatable bonds is 7. The van der Waals surface area contributed by atoms with Crippen LogP contribution < -0.4 is 5.32 Å². The second-order valence-corrected chi connectivity index (χ2v) is 12.1. The molecule has 1 aliphatic carbocycles. The van der Waals surface area contributed by atoms with E-state index in [4.69, 9.17) is 16.3 Å². The molecule has 0 aromatic heterocycles. The molecule has 1 aromatic rings. The smallest absolute Gasteiger partial charge is 0.243 e. The molecule has 1 amide bonds. The lowest BCUT2D eigenvalue weighted by molar-refractivity contribution is -0.133. The highest BCUT2D eigenvalue weighted by Crippen LogP contribution is 2.55. The zero-order valence-corrected chi connectivity index (χ0v) is 20.7. The molecule has 1 aromatic carbocycles. The monoisotopic (exact) mass is 483 g/mol. The van der Waals surface area contributed by atoms with Gasteiger partial charge in [0, 0.05) is 43.2 Å². The molecular formula is C23H34ClN3O4S. The molecule has 2 heterocycles. The molecule has 1 saturated carbocycles.